The topological polar surface area (TPSA) is 84.0 Å². The fraction of sp³-hybridized carbons (Fsp3) is 0.400. The summed E-state index contributed by atoms with van der Waals surface area (Å²) < 4.78 is 11.3. The predicted octanol–water partition coefficient (Wildman–Crippen LogP) is 3.32. The third kappa shape index (κ3) is 6.25. The first-order chi connectivity index (χ1) is 15.9. The van der Waals surface area contributed by atoms with E-state index >= 15 is 0 Å². The third-order valence-corrected chi connectivity index (χ3v) is 5.39. The SMILES string of the molecule is CCCOc1c(CN(C)C(=O)C=Cc2cnc3c(c2)CN(C)C(=O)CCN3)cccc1OC. The summed E-state index contributed by atoms with van der Waals surface area (Å²) in [6.45, 7) is 4.03. The van der Waals surface area contributed by atoms with Crippen molar-refractivity contribution in [3.8, 4) is 11.5 Å². The van der Waals surface area contributed by atoms with Crippen LogP contribution in [0.4, 0.5) is 5.82 Å². The minimum atomic E-state index is -0.142. The second-order valence-corrected chi connectivity index (χ2v) is 8.03. The summed E-state index contributed by atoms with van der Waals surface area (Å²) >= 11 is 0. The van der Waals surface area contributed by atoms with Gasteiger partial charge in [-0.3, -0.25) is 9.59 Å². The second-order valence-electron chi connectivity index (χ2n) is 8.03. The summed E-state index contributed by atoms with van der Waals surface area (Å²) in [6.07, 6.45) is 6.31. The molecule has 8 nitrogen and oxygen atoms in total. The van der Waals surface area contributed by atoms with Gasteiger partial charge in [0.2, 0.25) is 11.8 Å². The summed E-state index contributed by atoms with van der Waals surface area (Å²) in [4.78, 5) is 32.6. The number of para-hydroxylation sites is 1. The zero-order valence-corrected chi connectivity index (χ0v) is 19.8. The zero-order valence-electron chi connectivity index (χ0n) is 19.8. The smallest absolute Gasteiger partial charge is 0.246 e. The number of pyridine rings is 1. The van der Waals surface area contributed by atoms with E-state index in [1.165, 1.54) is 6.08 Å². The summed E-state index contributed by atoms with van der Waals surface area (Å²) in [7, 11) is 5.14. The zero-order chi connectivity index (χ0) is 23.8. The van der Waals surface area contributed by atoms with Crippen molar-refractivity contribution in [2.45, 2.75) is 32.9 Å². The number of anilines is 1. The molecule has 0 fully saturated rings. The molecular weight excluding hydrogens is 420 g/mol. The van der Waals surface area contributed by atoms with Gasteiger partial charge in [-0.2, -0.15) is 0 Å². The fourth-order valence-corrected chi connectivity index (χ4v) is 3.56. The van der Waals surface area contributed by atoms with Gasteiger partial charge in [-0.1, -0.05) is 19.1 Å². The number of rotatable bonds is 8. The number of hydrogen-bond donors (Lipinski definition) is 1. The van der Waals surface area contributed by atoms with Crippen LogP contribution in [0.15, 0.2) is 36.5 Å². The monoisotopic (exact) mass is 452 g/mol. The normalized spacial score (nSPS) is 13.7. The molecule has 1 aromatic carbocycles. The van der Waals surface area contributed by atoms with Crippen LogP contribution in [0.5, 0.6) is 11.5 Å². The Balaban J connectivity index is 1.71. The third-order valence-electron chi connectivity index (χ3n) is 5.39. The van der Waals surface area contributed by atoms with Gasteiger partial charge in [0.05, 0.1) is 13.7 Å². The van der Waals surface area contributed by atoms with E-state index in [0.717, 1.165) is 28.9 Å². The first-order valence-corrected chi connectivity index (χ1v) is 11.1. The van der Waals surface area contributed by atoms with Gasteiger partial charge in [-0.15, -0.1) is 0 Å². The standard InChI is InChI=1S/C25H32N4O4/c1-5-13-33-24-19(7-6-8-21(24)32-4)16-28(2)22(30)10-9-18-14-20-17-29(3)23(31)11-12-26-25(20)27-15-18/h6-10,14-15H,5,11-13,16-17H2,1-4H3,(H,26,27). The maximum absolute atomic E-state index is 12.8. The lowest BCUT2D eigenvalue weighted by Gasteiger charge is -2.23. The molecule has 8 heteroatoms. The maximum Gasteiger partial charge on any atom is 0.246 e. The number of ether oxygens (including phenoxy) is 2. The molecule has 3 rings (SSSR count). The quantitative estimate of drug-likeness (QED) is 0.619. The molecule has 0 atom stereocenters. The molecule has 2 aromatic rings. The molecule has 0 saturated carbocycles. The summed E-state index contributed by atoms with van der Waals surface area (Å²) in [5.41, 5.74) is 2.60. The average Bonchev–Trinajstić information content (AvgIpc) is 2.81. The minimum absolute atomic E-state index is 0.0886. The number of amides is 2. The molecule has 0 aliphatic carbocycles. The van der Waals surface area contributed by atoms with Crippen molar-refractivity contribution in [1.29, 1.82) is 0 Å². The van der Waals surface area contributed by atoms with Crippen LogP contribution in [0.25, 0.3) is 6.08 Å². The second kappa shape index (κ2) is 11.4. The van der Waals surface area contributed by atoms with Gasteiger partial charge < -0.3 is 24.6 Å². The van der Waals surface area contributed by atoms with Crippen molar-refractivity contribution in [2.75, 3.05) is 39.7 Å². The van der Waals surface area contributed by atoms with E-state index in [9.17, 15) is 9.59 Å². The van der Waals surface area contributed by atoms with Crippen LogP contribution in [0.1, 0.15) is 36.5 Å². The molecule has 0 saturated heterocycles. The van der Waals surface area contributed by atoms with Crippen LogP contribution in [-0.2, 0) is 22.7 Å². The first kappa shape index (κ1) is 24.1. The summed E-state index contributed by atoms with van der Waals surface area (Å²) in [6, 6.07) is 7.63. The highest BCUT2D eigenvalue weighted by atomic mass is 16.5. The lowest BCUT2D eigenvalue weighted by Crippen LogP contribution is -2.30. The number of fused-ring (bicyclic) bond motifs is 1. The Bertz CT molecular complexity index is 1020. The summed E-state index contributed by atoms with van der Waals surface area (Å²) in [5.74, 6) is 2.04. The van der Waals surface area contributed by atoms with E-state index in [2.05, 4.69) is 10.3 Å². The Morgan fingerprint density at radius 2 is 2.18 bits per heavy atom. The van der Waals surface area contributed by atoms with E-state index in [1.54, 1.807) is 43.3 Å². The Hall–Kier alpha value is -3.55. The Labute approximate surface area is 195 Å². The molecule has 0 unspecified atom stereocenters. The van der Waals surface area contributed by atoms with E-state index < -0.39 is 0 Å². The van der Waals surface area contributed by atoms with Crippen molar-refractivity contribution >= 4 is 23.7 Å². The molecule has 1 aliphatic rings. The van der Waals surface area contributed by atoms with E-state index in [0.29, 0.717) is 44.2 Å². The van der Waals surface area contributed by atoms with Crippen molar-refractivity contribution in [3.05, 3.63) is 53.2 Å². The number of methoxy groups -OCH3 is 1. The van der Waals surface area contributed by atoms with Crippen LogP contribution >= 0.6 is 0 Å². The van der Waals surface area contributed by atoms with Crippen LogP contribution < -0.4 is 14.8 Å². The highest BCUT2D eigenvalue weighted by molar-refractivity contribution is 5.91. The number of hydrogen-bond acceptors (Lipinski definition) is 6. The van der Waals surface area contributed by atoms with Crippen LogP contribution in [0.3, 0.4) is 0 Å². The minimum Gasteiger partial charge on any atom is -0.493 e. The van der Waals surface area contributed by atoms with Gasteiger partial charge in [0.1, 0.15) is 5.82 Å². The molecule has 0 radical (unpaired) electrons. The molecule has 1 aliphatic heterocycles. The van der Waals surface area contributed by atoms with Gasteiger partial charge in [-0.05, 0) is 30.2 Å². The Morgan fingerprint density at radius 3 is 2.94 bits per heavy atom. The van der Waals surface area contributed by atoms with Gasteiger partial charge >= 0.3 is 0 Å². The number of benzene rings is 1. The lowest BCUT2D eigenvalue weighted by molar-refractivity contribution is -0.130. The highest BCUT2D eigenvalue weighted by Crippen LogP contribution is 2.32. The number of carbonyl (C=O) groups excluding carboxylic acids is 2. The molecule has 2 heterocycles. The number of carbonyl (C=O) groups is 2. The van der Waals surface area contributed by atoms with Gasteiger partial charge in [0.25, 0.3) is 0 Å². The van der Waals surface area contributed by atoms with Crippen LogP contribution in [-0.4, -0.2) is 61.0 Å². The number of nitrogens with one attached hydrogen (secondary N) is 1. The van der Waals surface area contributed by atoms with Crippen LogP contribution in [0.2, 0.25) is 0 Å². The van der Waals surface area contributed by atoms with Gasteiger partial charge in [0, 0.05) is 63.6 Å². The summed E-state index contributed by atoms with van der Waals surface area (Å²) in [5, 5.41) is 3.20. The highest BCUT2D eigenvalue weighted by Gasteiger charge is 2.17. The molecular formula is C25H32N4O4. The molecule has 0 bridgehead atoms. The Morgan fingerprint density at radius 1 is 1.36 bits per heavy atom. The molecule has 1 aromatic heterocycles. The number of likely N-dealkylation sites (N-methyl/N-ethyl adjacent to an activating group) is 1. The van der Waals surface area contributed by atoms with Crippen molar-refractivity contribution < 1.29 is 19.1 Å². The number of nitrogens with zero attached hydrogens (tertiary/aromatic N) is 3. The lowest BCUT2D eigenvalue weighted by atomic mass is 10.1. The van der Waals surface area contributed by atoms with E-state index in [4.69, 9.17) is 9.47 Å². The van der Waals surface area contributed by atoms with Gasteiger partial charge in [-0.25, -0.2) is 4.98 Å². The number of aromatic nitrogens is 1. The average molecular weight is 453 g/mol. The maximum atomic E-state index is 12.8. The van der Waals surface area contributed by atoms with Crippen LogP contribution in [0, 0.1) is 0 Å². The van der Waals surface area contributed by atoms with Crippen molar-refractivity contribution in [3.63, 3.8) is 0 Å². The predicted molar refractivity (Wildman–Crippen MR) is 128 cm³/mol. The Kier molecular flexibility index (Phi) is 8.29. The molecule has 176 valence electrons. The first-order valence-electron chi connectivity index (χ1n) is 11.1. The molecule has 1 N–H and O–H groups in total. The molecule has 33 heavy (non-hydrogen) atoms. The van der Waals surface area contributed by atoms with Crippen molar-refractivity contribution in [2.24, 2.45) is 0 Å². The molecule has 0 spiro atoms. The van der Waals surface area contributed by atoms with E-state index in [-0.39, 0.29) is 11.8 Å². The molecule has 2 amide bonds. The largest absolute Gasteiger partial charge is 0.493 e. The van der Waals surface area contributed by atoms with Crippen molar-refractivity contribution in [1.82, 2.24) is 14.8 Å². The van der Waals surface area contributed by atoms with Gasteiger partial charge in [0.15, 0.2) is 11.5 Å². The van der Waals surface area contributed by atoms with E-state index in [1.807, 2.05) is 31.2 Å². The fourth-order valence-electron chi connectivity index (χ4n) is 3.56.